The summed E-state index contributed by atoms with van der Waals surface area (Å²) in [5.41, 5.74) is 1.17. The second-order valence-electron chi connectivity index (χ2n) is 4.09. The Bertz CT molecular complexity index is 491. The molecule has 0 fully saturated rings. The summed E-state index contributed by atoms with van der Waals surface area (Å²) in [4.78, 5) is 5.60. The fourth-order valence-corrected chi connectivity index (χ4v) is 2.28. The number of anilines is 1. The van der Waals surface area contributed by atoms with Crippen LogP contribution in [-0.4, -0.2) is 21.8 Å². The van der Waals surface area contributed by atoms with Gasteiger partial charge >= 0.3 is 0 Å². The van der Waals surface area contributed by atoms with E-state index in [-0.39, 0.29) is 0 Å². The lowest BCUT2D eigenvalue weighted by Crippen LogP contribution is -2.14. The van der Waals surface area contributed by atoms with Crippen molar-refractivity contribution in [3.8, 4) is 5.69 Å². The molecule has 0 spiro atoms. The van der Waals surface area contributed by atoms with Gasteiger partial charge in [0.15, 0.2) is 0 Å². The molecule has 1 heterocycles. The number of hydrogen-bond acceptors (Lipinski definition) is 3. The maximum Gasteiger partial charge on any atom is 0.207 e. The Kier molecular flexibility index (Phi) is 3.74. The molecule has 4 heteroatoms. The van der Waals surface area contributed by atoms with Crippen molar-refractivity contribution in [2.24, 2.45) is 0 Å². The molecule has 0 unspecified atom stereocenters. The number of rotatable bonds is 4. The Hall–Kier alpha value is -1.42. The molecule has 0 saturated carbocycles. The largest absolute Gasteiger partial charge is 0.353 e. The first-order chi connectivity index (χ1) is 8.22. The number of thioether (sulfide) groups is 1. The summed E-state index contributed by atoms with van der Waals surface area (Å²) in [6, 6.07) is 8.71. The van der Waals surface area contributed by atoms with E-state index in [9.17, 15) is 0 Å². The third-order valence-electron chi connectivity index (χ3n) is 2.40. The van der Waals surface area contributed by atoms with Crippen molar-refractivity contribution in [1.29, 1.82) is 0 Å². The number of benzene rings is 1. The first-order valence-corrected chi connectivity index (χ1v) is 6.88. The van der Waals surface area contributed by atoms with Crippen LogP contribution in [-0.2, 0) is 0 Å². The highest BCUT2D eigenvalue weighted by Gasteiger charge is 2.08. The maximum absolute atomic E-state index is 4.35. The maximum atomic E-state index is 4.35. The molecule has 0 atom stereocenters. The zero-order valence-corrected chi connectivity index (χ0v) is 11.2. The molecule has 90 valence electrons. The van der Waals surface area contributed by atoms with Gasteiger partial charge in [-0.1, -0.05) is 12.1 Å². The molecule has 1 aromatic carbocycles. The first kappa shape index (κ1) is 12.0. The minimum absolute atomic E-state index is 0.373. The van der Waals surface area contributed by atoms with Gasteiger partial charge in [0.1, 0.15) is 0 Å². The number of hydrogen-bond donors (Lipinski definition) is 1. The van der Waals surface area contributed by atoms with Gasteiger partial charge in [-0.3, -0.25) is 4.57 Å². The summed E-state index contributed by atoms with van der Waals surface area (Å²) < 4.78 is 2.09. The third-order valence-corrected chi connectivity index (χ3v) is 3.19. The van der Waals surface area contributed by atoms with Gasteiger partial charge in [-0.25, -0.2) is 4.98 Å². The molecule has 2 rings (SSSR count). The molecule has 0 radical (unpaired) electrons. The minimum Gasteiger partial charge on any atom is -0.353 e. The van der Waals surface area contributed by atoms with Gasteiger partial charge in [0.05, 0.1) is 5.69 Å². The van der Waals surface area contributed by atoms with Gasteiger partial charge in [-0.15, -0.1) is 11.8 Å². The van der Waals surface area contributed by atoms with Crippen LogP contribution in [0.25, 0.3) is 5.69 Å². The van der Waals surface area contributed by atoms with Crippen LogP contribution in [0, 0.1) is 0 Å². The van der Waals surface area contributed by atoms with Crippen LogP contribution in [0.2, 0.25) is 0 Å². The van der Waals surface area contributed by atoms with E-state index in [2.05, 4.69) is 53.2 Å². The zero-order valence-electron chi connectivity index (χ0n) is 10.3. The molecule has 0 aliphatic rings. The highest BCUT2D eigenvalue weighted by Crippen LogP contribution is 2.25. The van der Waals surface area contributed by atoms with E-state index in [0.717, 1.165) is 5.95 Å². The van der Waals surface area contributed by atoms with Gasteiger partial charge < -0.3 is 5.32 Å². The van der Waals surface area contributed by atoms with Crippen molar-refractivity contribution >= 4 is 17.7 Å². The molecule has 2 aromatic rings. The molecule has 3 nitrogen and oxygen atoms in total. The summed E-state index contributed by atoms with van der Waals surface area (Å²) in [5, 5.41) is 3.35. The Morgan fingerprint density at radius 3 is 2.76 bits per heavy atom. The smallest absolute Gasteiger partial charge is 0.207 e. The summed E-state index contributed by atoms with van der Waals surface area (Å²) in [6.07, 6.45) is 5.90. The van der Waals surface area contributed by atoms with Gasteiger partial charge in [-0.05, 0) is 32.2 Å². The fourth-order valence-electron chi connectivity index (χ4n) is 1.69. The molecule has 1 N–H and O–H groups in total. The van der Waals surface area contributed by atoms with Crippen LogP contribution >= 0.6 is 11.8 Å². The molecule has 0 saturated heterocycles. The number of nitrogens with zero attached hydrogens (tertiary/aromatic N) is 2. The number of nitrogens with one attached hydrogen (secondary N) is 1. The van der Waals surface area contributed by atoms with Crippen LogP contribution in [0.4, 0.5) is 5.95 Å². The molecule has 17 heavy (non-hydrogen) atoms. The van der Waals surface area contributed by atoms with Crippen LogP contribution in [0.15, 0.2) is 41.6 Å². The van der Waals surface area contributed by atoms with Crippen molar-refractivity contribution in [1.82, 2.24) is 9.55 Å². The lowest BCUT2D eigenvalue weighted by Gasteiger charge is -2.14. The Labute approximate surface area is 106 Å². The predicted molar refractivity (Wildman–Crippen MR) is 74.1 cm³/mol. The van der Waals surface area contributed by atoms with Gasteiger partial charge in [-0.2, -0.15) is 0 Å². The monoisotopic (exact) mass is 247 g/mol. The second kappa shape index (κ2) is 5.27. The van der Waals surface area contributed by atoms with E-state index >= 15 is 0 Å². The molecule has 0 aliphatic carbocycles. The van der Waals surface area contributed by atoms with E-state index in [4.69, 9.17) is 0 Å². The average molecular weight is 247 g/mol. The summed E-state index contributed by atoms with van der Waals surface area (Å²) >= 11 is 1.74. The molecular weight excluding hydrogens is 230 g/mol. The Morgan fingerprint density at radius 1 is 1.29 bits per heavy atom. The molecule has 0 aliphatic heterocycles. The standard InChI is InChI=1S/C13H17N3S/c1-10(2)15-13-14-8-9-16(13)11-6-4-5-7-12(11)17-3/h4-10H,1-3H3,(H,14,15). The predicted octanol–water partition coefficient (Wildman–Crippen LogP) is 3.41. The quantitative estimate of drug-likeness (QED) is 0.840. The SMILES string of the molecule is CSc1ccccc1-n1ccnc1NC(C)C. The van der Waals surface area contributed by atoms with Crippen molar-refractivity contribution in [3.63, 3.8) is 0 Å². The normalized spacial score (nSPS) is 10.8. The molecule has 0 amide bonds. The van der Waals surface area contributed by atoms with Crippen LogP contribution in [0.1, 0.15) is 13.8 Å². The van der Waals surface area contributed by atoms with Crippen molar-refractivity contribution in [2.45, 2.75) is 24.8 Å². The third kappa shape index (κ3) is 2.64. The van der Waals surface area contributed by atoms with Crippen LogP contribution in [0.3, 0.4) is 0 Å². The molecule has 1 aromatic heterocycles. The fraction of sp³-hybridized carbons (Fsp3) is 0.308. The second-order valence-corrected chi connectivity index (χ2v) is 4.94. The summed E-state index contributed by atoms with van der Waals surface area (Å²) in [5.74, 6) is 0.890. The first-order valence-electron chi connectivity index (χ1n) is 5.65. The van der Waals surface area contributed by atoms with E-state index in [1.165, 1.54) is 10.6 Å². The zero-order chi connectivity index (χ0) is 12.3. The van der Waals surface area contributed by atoms with Crippen molar-refractivity contribution in [2.75, 3.05) is 11.6 Å². The van der Waals surface area contributed by atoms with Crippen molar-refractivity contribution < 1.29 is 0 Å². The number of para-hydroxylation sites is 1. The van der Waals surface area contributed by atoms with E-state index in [1.807, 2.05) is 18.5 Å². The van der Waals surface area contributed by atoms with Crippen LogP contribution < -0.4 is 5.32 Å². The minimum atomic E-state index is 0.373. The lowest BCUT2D eigenvalue weighted by molar-refractivity contribution is 0.861. The highest BCUT2D eigenvalue weighted by molar-refractivity contribution is 7.98. The summed E-state index contributed by atoms with van der Waals surface area (Å²) in [6.45, 7) is 4.22. The van der Waals surface area contributed by atoms with E-state index in [1.54, 1.807) is 11.8 Å². The van der Waals surface area contributed by atoms with Gasteiger partial charge in [0.25, 0.3) is 0 Å². The number of aromatic nitrogens is 2. The number of imidazole rings is 1. The average Bonchev–Trinajstić information content (AvgIpc) is 2.76. The van der Waals surface area contributed by atoms with Gasteiger partial charge in [0, 0.05) is 23.3 Å². The van der Waals surface area contributed by atoms with E-state index < -0.39 is 0 Å². The topological polar surface area (TPSA) is 29.9 Å². The lowest BCUT2D eigenvalue weighted by atomic mass is 10.3. The van der Waals surface area contributed by atoms with Crippen LogP contribution in [0.5, 0.6) is 0 Å². The Morgan fingerprint density at radius 2 is 2.06 bits per heavy atom. The van der Waals surface area contributed by atoms with E-state index in [0.29, 0.717) is 6.04 Å². The molecule has 0 bridgehead atoms. The van der Waals surface area contributed by atoms with Crippen molar-refractivity contribution in [3.05, 3.63) is 36.7 Å². The molecular formula is C13H17N3S. The van der Waals surface area contributed by atoms with Gasteiger partial charge in [0.2, 0.25) is 5.95 Å². The highest BCUT2D eigenvalue weighted by atomic mass is 32.2. The Balaban J connectivity index is 2.42. The summed E-state index contributed by atoms with van der Waals surface area (Å²) in [7, 11) is 0.